The molecule has 1 aliphatic heterocycles. The molecule has 1 aromatic carbocycles. The average molecular weight is 276 g/mol. The summed E-state index contributed by atoms with van der Waals surface area (Å²) < 4.78 is 19.0. The van der Waals surface area contributed by atoms with Crippen LogP contribution < -0.4 is 5.32 Å². The highest BCUT2D eigenvalue weighted by molar-refractivity contribution is 5.39. The van der Waals surface area contributed by atoms with Crippen LogP contribution in [0, 0.1) is 5.82 Å². The zero-order valence-corrected chi connectivity index (χ0v) is 11.1. The number of phenolic OH excluding ortho intramolecular Hbond substituents is 1. The van der Waals surface area contributed by atoms with Gasteiger partial charge in [0, 0.05) is 31.7 Å². The van der Waals surface area contributed by atoms with E-state index in [-0.39, 0.29) is 17.6 Å². The molecular formula is C15H17FN2O2. The van der Waals surface area contributed by atoms with E-state index in [0.717, 1.165) is 26.2 Å². The molecule has 2 N–H and O–H groups in total. The van der Waals surface area contributed by atoms with Crippen molar-refractivity contribution in [3.63, 3.8) is 0 Å². The van der Waals surface area contributed by atoms with Crippen LogP contribution in [-0.4, -0.2) is 36.2 Å². The summed E-state index contributed by atoms with van der Waals surface area (Å²) in [6, 6.07) is 7.43. The third-order valence-electron chi connectivity index (χ3n) is 3.61. The Hall–Kier alpha value is -1.85. The van der Waals surface area contributed by atoms with Crippen LogP contribution in [0.15, 0.2) is 41.0 Å². The molecule has 0 unspecified atom stereocenters. The molecule has 1 aliphatic rings. The molecule has 2 aromatic rings. The third kappa shape index (κ3) is 2.55. The van der Waals surface area contributed by atoms with E-state index in [4.69, 9.17) is 4.42 Å². The summed E-state index contributed by atoms with van der Waals surface area (Å²) in [7, 11) is 0. The SMILES string of the molecule is Oc1ccc(F)cc1[C@@H](c1ccco1)N1CCNCC1. The van der Waals surface area contributed by atoms with Crippen molar-refractivity contribution >= 4 is 0 Å². The van der Waals surface area contributed by atoms with E-state index in [0.29, 0.717) is 11.3 Å². The maximum absolute atomic E-state index is 13.5. The minimum atomic E-state index is -0.357. The molecule has 0 aliphatic carbocycles. The van der Waals surface area contributed by atoms with Crippen LogP contribution in [0.1, 0.15) is 17.4 Å². The predicted molar refractivity (Wildman–Crippen MR) is 73.1 cm³/mol. The van der Waals surface area contributed by atoms with Gasteiger partial charge in [-0.25, -0.2) is 4.39 Å². The van der Waals surface area contributed by atoms with Crippen LogP contribution >= 0.6 is 0 Å². The van der Waals surface area contributed by atoms with Gasteiger partial charge in [-0.15, -0.1) is 0 Å². The summed E-state index contributed by atoms with van der Waals surface area (Å²) in [5.74, 6) is 0.448. The highest BCUT2D eigenvalue weighted by atomic mass is 19.1. The number of hydrogen-bond donors (Lipinski definition) is 2. The molecule has 106 valence electrons. The lowest BCUT2D eigenvalue weighted by atomic mass is 10.0. The van der Waals surface area contributed by atoms with Gasteiger partial charge in [0.15, 0.2) is 0 Å². The second-order valence-corrected chi connectivity index (χ2v) is 4.91. The maximum atomic E-state index is 13.5. The fraction of sp³-hybridized carbons (Fsp3) is 0.333. The Labute approximate surface area is 116 Å². The van der Waals surface area contributed by atoms with Gasteiger partial charge < -0.3 is 14.8 Å². The normalized spacial score (nSPS) is 18.1. The van der Waals surface area contributed by atoms with Crippen LogP contribution in [0.3, 0.4) is 0 Å². The Balaban J connectivity index is 2.02. The number of nitrogens with one attached hydrogen (secondary N) is 1. The average Bonchev–Trinajstić information content (AvgIpc) is 2.98. The Bertz CT molecular complexity index is 565. The van der Waals surface area contributed by atoms with Crippen LogP contribution in [0.2, 0.25) is 0 Å². The van der Waals surface area contributed by atoms with Crippen LogP contribution in [0.5, 0.6) is 5.75 Å². The smallest absolute Gasteiger partial charge is 0.125 e. The molecule has 3 rings (SSSR count). The summed E-state index contributed by atoms with van der Waals surface area (Å²) in [6.45, 7) is 3.38. The molecule has 5 heteroatoms. The Morgan fingerprint density at radius 1 is 1.25 bits per heavy atom. The summed E-state index contributed by atoms with van der Waals surface area (Å²) in [5, 5.41) is 13.4. The lowest BCUT2D eigenvalue weighted by molar-refractivity contribution is 0.177. The fourth-order valence-electron chi connectivity index (χ4n) is 2.66. The molecule has 1 aromatic heterocycles. The molecule has 0 amide bonds. The summed E-state index contributed by atoms with van der Waals surface area (Å²) >= 11 is 0. The van der Waals surface area contributed by atoms with Crippen molar-refractivity contribution in [3.05, 3.63) is 53.7 Å². The summed E-state index contributed by atoms with van der Waals surface area (Å²) in [6.07, 6.45) is 1.60. The quantitative estimate of drug-likeness (QED) is 0.901. The van der Waals surface area contributed by atoms with Gasteiger partial charge in [-0.05, 0) is 30.3 Å². The van der Waals surface area contributed by atoms with Gasteiger partial charge in [-0.2, -0.15) is 0 Å². The zero-order valence-electron chi connectivity index (χ0n) is 11.1. The van der Waals surface area contributed by atoms with Crippen LogP contribution in [0.4, 0.5) is 4.39 Å². The second kappa shape index (κ2) is 5.64. The van der Waals surface area contributed by atoms with E-state index in [1.807, 2.05) is 6.07 Å². The number of benzene rings is 1. The number of nitrogens with zero attached hydrogens (tertiary/aromatic N) is 1. The van der Waals surface area contributed by atoms with Crippen molar-refractivity contribution < 1.29 is 13.9 Å². The van der Waals surface area contributed by atoms with Crippen LogP contribution in [-0.2, 0) is 0 Å². The van der Waals surface area contributed by atoms with Crippen molar-refractivity contribution in [2.75, 3.05) is 26.2 Å². The highest BCUT2D eigenvalue weighted by Gasteiger charge is 2.28. The first-order chi connectivity index (χ1) is 9.75. The van der Waals surface area contributed by atoms with Gasteiger partial charge in [0.05, 0.1) is 12.3 Å². The first kappa shape index (κ1) is 13.1. The molecule has 1 atom stereocenters. The molecule has 0 spiro atoms. The highest BCUT2D eigenvalue weighted by Crippen LogP contribution is 2.35. The number of phenols is 1. The minimum Gasteiger partial charge on any atom is -0.508 e. The van der Waals surface area contributed by atoms with Gasteiger partial charge in [-0.3, -0.25) is 4.90 Å². The number of halogens is 1. The largest absolute Gasteiger partial charge is 0.508 e. The summed E-state index contributed by atoms with van der Waals surface area (Å²) in [4.78, 5) is 2.18. The first-order valence-electron chi connectivity index (χ1n) is 6.72. The van der Waals surface area contributed by atoms with E-state index < -0.39 is 0 Å². The molecule has 0 bridgehead atoms. The third-order valence-corrected chi connectivity index (χ3v) is 3.61. The van der Waals surface area contributed by atoms with Crippen molar-refractivity contribution in [2.45, 2.75) is 6.04 Å². The molecule has 20 heavy (non-hydrogen) atoms. The van der Waals surface area contributed by atoms with E-state index in [2.05, 4.69) is 10.2 Å². The lowest BCUT2D eigenvalue weighted by Crippen LogP contribution is -2.45. The van der Waals surface area contributed by atoms with Crippen molar-refractivity contribution in [2.24, 2.45) is 0 Å². The molecule has 4 nitrogen and oxygen atoms in total. The van der Waals surface area contributed by atoms with Gasteiger partial charge in [0.1, 0.15) is 17.3 Å². The maximum Gasteiger partial charge on any atom is 0.125 e. The Morgan fingerprint density at radius 2 is 2.05 bits per heavy atom. The standard InChI is InChI=1S/C15H17FN2O2/c16-11-3-4-13(19)12(10-11)15(14-2-1-9-20-14)18-7-5-17-6-8-18/h1-4,9-10,15,17,19H,5-8H2/t15-/m0/s1. The molecule has 1 saturated heterocycles. The van der Waals surface area contributed by atoms with Gasteiger partial charge in [-0.1, -0.05) is 0 Å². The zero-order chi connectivity index (χ0) is 13.9. The van der Waals surface area contributed by atoms with Gasteiger partial charge >= 0.3 is 0 Å². The van der Waals surface area contributed by atoms with E-state index in [1.54, 1.807) is 12.3 Å². The molecule has 0 radical (unpaired) electrons. The van der Waals surface area contributed by atoms with E-state index in [9.17, 15) is 9.50 Å². The van der Waals surface area contributed by atoms with Crippen molar-refractivity contribution in [3.8, 4) is 5.75 Å². The Morgan fingerprint density at radius 3 is 2.75 bits per heavy atom. The monoisotopic (exact) mass is 276 g/mol. The number of piperazine rings is 1. The first-order valence-corrected chi connectivity index (χ1v) is 6.72. The molecule has 0 saturated carbocycles. The molecule has 2 heterocycles. The molecule has 1 fully saturated rings. The van der Waals surface area contributed by atoms with Gasteiger partial charge in [0.2, 0.25) is 0 Å². The number of rotatable bonds is 3. The number of aromatic hydroxyl groups is 1. The summed E-state index contributed by atoms with van der Waals surface area (Å²) in [5.41, 5.74) is 0.543. The van der Waals surface area contributed by atoms with Crippen molar-refractivity contribution in [1.82, 2.24) is 10.2 Å². The van der Waals surface area contributed by atoms with E-state index >= 15 is 0 Å². The Kier molecular flexibility index (Phi) is 3.71. The van der Waals surface area contributed by atoms with Gasteiger partial charge in [0.25, 0.3) is 0 Å². The van der Waals surface area contributed by atoms with Crippen molar-refractivity contribution in [1.29, 1.82) is 0 Å². The van der Waals surface area contributed by atoms with Crippen LogP contribution in [0.25, 0.3) is 0 Å². The fourth-order valence-corrected chi connectivity index (χ4v) is 2.66. The molecular weight excluding hydrogens is 259 g/mol. The van der Waals surface area contributed by atoms with E-state index in [1.165, 1.54) is 18.2 Å². The number of furan rings is 1. The predicted octanol–water partition coefficient (Wildman–Crippen LogP) is 2.12. The number of hydrogen-bond acceptors (Lipinski definition) is 4. The minimum absolute atomic E-state index is 0.0892. The lowest BCUT2D eigenvalue weighted by Gasteiger charge is -2.34. The second-order valence-electron chi connectivity index (χ2n) is 4.91. The topological polar surface area (TPSA) is 48.6 Å².